The predicted molar refractivity (Wildman–Crippen MR) is 83.1 cm³/mol. The van der Waals surface area contributed by atoms with E-state index in [9.17, 15) is 9.18 Å². The molecule has 0 bridgehead atoms. The highest BCUT2D eigenvalue weighted by molar-refractivity contribution is 6.33. The Labute approximate surface area is 127 Å². The van der Waals surface area contributed by atoms with Crippen LogP contribution in [0.1, 0.15) is 34.5 Å². The number of nitrogens with one attached hydrogen (secondary N) is 1. The number of carbonyl (C=O) groups is 1. The largest absolute Gasteiger partial charge is 0.377 e. The van der Waals surface area contributed by atoms with Gasteiger partial charge in [0.25, 0.3) is 0 Å². The van der Waals surface area contributed by atoms with Crippen molar-refractivity contribution < 1.29 is 9.18 Å². The molecule has 0 aliphatic heterocycles. The van der Waals surface area contributed by atoms with Crippen LogP contribution in [0.15, 0.2) is 36.4 Å². The molecule has 3 nitrogen and oxygen atoms in total. The van der Waals surface area contributed by atoms with Crippen molar-refractivity contribution in [2.45, 2.75) is 19.9 Å². The minimum atomic E-state index is -0.524. The van der Waals surface area contributed by atoms with Crippen LogP contribution in [0.4, 0.5) is 10.1 Å². The van der Waals surface area contributed by atoms with Crippen molar-refractivity contribution in [3.05, 3.63) is 63.9 Å². The minimum Gasteiger partial charge on any atom is -0.377 e. The lowest BCUT2D eigenvalue weighted by Crippen LogP contribution is -2.12. The molecule has 0 spiro atoms. The van der Waals surface area contributed by atoms with E-state index in [-0.39, 0.29) is 11.9 Å². The van der Waals surface area contributed by atoms with Gasteiger partial charge in [0.05, 0.1) is 10.7 Å². The van der Waals surface area contributed by atoms with E-state index in [2.05, 4.69) is 5.32 Å². The van der Waals surface area contributed by atoms with E-state index in [0.717, 1.165) is 5.56 Å². The van der Waals surface area contributed by atoms with Gasteiger partial charge in [-0.05, 0) is 49.2 Å². The molecule has 0 aliphatic carbocycles. The minimum absolute atomic E-state index is 0.166. The Morgan fingerprint density at radius 3 is 2.62 bits per heavy atom. The Hall–Kier alpha value is -2.07. The molecule has 2 aromatic carbocycles. The number of carbonyl (C=O) groups excluding carboxylic acids is 1. The Morgan fingerprint density at radius 1 is 1.29 bits per heavy atom. The fourth-order valence-electron chi connectivity index (χ4n) is 1.98. The third-order valence-corrected chi connectivity index (χ3v) is 3.65. The van der Waals surface area contributed by atoms with E-state index < -0.39 is 5.91 Å². The first-order valence-corrected chi connectivity index (χ1v) is 6.88. The normalized spacial score (nSPS) is 12.0. The first-order valence-electron chi connectivity index (χ1n) is 6.50. The maximum Gasteiger partial charge on any atom is 0.248 e. The summed E-state index contributed by atoms with van der Waals surface area (Å²) in [5.74, 6) is -0.776. The van der Waals surface area contributed by atoms with E-state index >= 15 is 0 Å². The highest BCUT2D eigenvalue weighted by Crippen LogP contribution is 2.27. The van der Waals surface area contributed by atoms with Crippen molar-refractivity contribution in [2.75, 3.05) is 5.32 Å². The molecule has 0 saturated heterocycles. The van der Waals surface area contributed by atoms with Crippen molar-refractivity contribution in [1.29, 1.82) is 0 Å². The topological polar surface area (TPSA) is 55.1 Å². The monoisotopic (exact) mass is 306 g/mol. The van der Waals surface area contributed by atoms with Gasteiger partial charge in [-0.25, -0.2) is 4.39 Å². The Balaban J connectivity index is 2.26. The Bertz CT molecular complexity index is 688. The number of anilines is 1. The number of aryl methyl sites for hydroxylation is 1. The first-order chi connectivity index (χ1) is 9.88. The summed E-state index contributed by atoms with van der Waals surface area (Å²) in [4.78, 5) is 11.2. The van der Waals surface area contributed by atoms with Crippen LogP contribution in [-0.2, 0) is 0 Å². The SMILES string of the molecule is Cc1ccc(C(C)Nc2cc(C(N)=O)ccc2Cl)cc1F. The number of benzene rings is 2. The Morgan fingerprint density at radius 2 is 2.00 bits per heavy atom. The third-order valence-electron chi connectivity index (χ3n) is 3.32. The van der Waals surface area contributed by atoms with Gasteiger partial charge in [0.15, 0.2) is 0 Å². The number of hydrogen-bond donors (Lipinski definition) is 2. The zero-order valence-electron chi connectivity index (χ0n) is 11.8. The molecule has 2 aromatic rings. The summed E-state index contributed by atoms with van der Waals surface area (Å²) in [5.41, 5.74) is 7.59. The number of nitrogens with two attached hydrogens (primary N) is 1. The first kappa shape index (κ1) is 15.3. The number of rotatable bonds is 4. The lowest BCUT2D eigenvalue weighted by Gasteiger charge is -2.17. The number of primary amides is 1. The average molecular weight is 307 g/mol. The van der Waals surface area contributed by atoms with E-state index in [4.69, 9.17) is 17.3 Å². The fourth-order valence-corrected chi connectivity index (χ4v) is 2.16. The van der Waals surface area contributed by atoms with Crippen LogP contribution in [-0.4, -0.2) is 5.91 Å². The van der Waals surface area contributed by atoms with Gasteiger partial charge in [0.1, 0.15) is 5.82 Å². The van der Waals surface area contributed by atoms with E-state index in [1.165, 1.54) is 6.07 Å². The highest BCUT2D eigenvalue weighted by Gasteiger charge is 2.11. The fraction of sp³-hybridized carbons (Fsp3) is 0.188. The molecule has 110 valence electrons. The molecular weight excluding hydrogens is 291 g/mol. The zero-order valence-corrected chi connectivity index (χ0v) is 12.5. The van der Waals surface area contributed by atoms with Crippen LogP contribution >= 0.6 is 11.6 Å². The van der Waals surface area contributed by atoms with Gasteiger partial charge in [0.2, 0.25) is 5.91 Å². The van der Waals surface area contributed by atoms with E-state index in [1.807, 2.05) is 13.0 Å². The molecule has 1 amide bonds. The van der Waals surface area contributed by atoms with Crippen LogP contribution < -0.4 is 11.1 Å². The van der Waals surface area contributed by atoms with Gasteiger partial charge in [-0.15, -0.1) is 0 Å². The van der Waals surface area contributed by atoms with Crippen molar-refractivity contribution >= 4 is 23.2 Å². The maximum atomic E-state index is 13.6. The zero-order chi connectivity index (χ0) is 15.6. The van der Waals surface area contributed by atoms with Crippen LogP contribution in [0.2, 0.25) is 5.02 Å². The number of hydrogen-bond acceptors (Lipinski definition) is 2. The molecule has 0 aromatic heterocycles. The highest BCUT2D eigenvalue weighted by atomic mass is 35.5. The van der Waals surface area contributed by atoms with E-state index in [1.54, 1.807) is 31.2 Å². The maximum absolute atomic E-state index is 13.6. The molecule has 0 heterocycles. The summed E-state index contributed by atoms with van der Waals surface area (Å²) in [6.07, 6.45) is 0. The molecule has 0 radical (unpaired) electrons. The summed E-state index contributed by atoms with van der Waals surface area (Å²) < 4.78 is 13.6. The molecule has 0 aliphatic rings. The van der Waals surface area contributed by atoms with Crippen molar-refractivity contribution in [3.8, 4) is 0 Å². The molecule has 2 rings (SSSR count). The average Bonchev–Trinajstić information content (AvgIpc) is 2.43. The van der Waals surface area contributed by atoms with Gasteiger partial charge in [-0.1, -0.05) is 23.7 Å². The van der Waals surface area contributed by atoms with Crippen LogP contribution in [0.3, 0.4) is 0 Å². The molecule has 0 saturated carbocycles. The van der Waals surface area contributed by atoms with Crippen molar-refractivity contribution in [2.24, 2.45) is 5.73 Å². The third kappa shape index (κ3) is 3.52. The van der Waals surface area contributed by atoms with Crippen LogP contribution in [0, 0.1) is 12.7 Å². The van der Waals surface area contributed by atoms with Crippen LogP contribution in [0.5, 0.6) is 0 Å². The predicted octanol–water partition coefficient (Wildman–Crippen LogP) is 4.06. The summed E-state index contributed by atoms with van der Waals surface area (Å²) in [7, 11) is 0. The number of amides is 1. The molecule has 21 heavy (non-hydrogen) atoms. The van der Waals surface area contributed by atoms with Gasteiger partial charge >= 0.3 is 0 Å². The van der Waals surface area contributed by atoms with Gasteiger partial charge in [-0.3, -0.25) is 4.79 Å². The van der Waals surface area contributed by atoms with E-state index in [0.29, 0.717) is 21.8 Å². The van der Waals surface area contributed by atoms with Crippen LogP contribution in [0.25, 0.3) is 0 Å². The number of halogens is 2. The second kappa shape index (κ2) is 6.14. The van der Waals surface area contributed by atoms with Gasteiger partial charge in [-0.2, -0.15) is 0 Å². The molecular formula is C16H16ClFN2O. The second-order valence-corrected chi connectivity index (χ2v) is 5.34. The Kier molecular flexibility index (Phi) is 4.48. The lowest BCUT2D eigenvalue weighted by atomic mass is 10.1. The molecule has 1 unspecified atom stereocenters. The van der Waals surface area contributed by atoms with Gasteiger partial charge in [0, 0.05) is 11.6 Å². The molecule has 3 N–H and O–H groups in total. The molecule has 0 fully saturated rings. The second-order valence-electron chi connectivity index (χ2n) is 4.93. The lowest BCUT2D eigenvalue weighted by molar-refractivity contribution is 0.100. The standard InChI is InChI=1S/C16H16ClFN2O/c1-9-3-4-11(7-14(9)18)10(2)20-15-8-12(16(19)21)5-6-13(15)17/h3-8,10,20H,1-2H3,(H2,19,21). The quantitative estimate of drug-likeness (QED) is 0.895. The van der Waals surface area contributed by atoms with Crippen molar-refractivity contribution in [1.82, 2.24) is 0 Å². The molecule has 5 heteroatoms. The summed E-state index contributed by atoms with van der Waals surface area (Å²) in [6.45, 7) is 3.60. The smallest absolute Gasteiger partial charge is 0.248 e. The van der Waals surface area contributed by atoms with Crippen molar-refractivity contribution in [3.63, 3.8) is 0 Å². The van der Waals surface area contributed by atoms with Gasteiger partial charge < -0.3 is 11.1 Å². The summed E-state index contributed by atoms with van der Waals surface area (Å²) >= 11 is 6.10. The summed E-state index contributed by atoms with van der Waals surface area (Å²) in [6, 6.07) is 9.65. The summed E-state index contributed by atoms with van der Waals surface area (Å²) in [5, 5.41) is 3.63. The molecule has 1 atom stereocenters.